The van der Waals surface area contributed by atoms with Gasteiger partial charge in [0.25, 0.3) is 0 Å². The first-order chi connectivity index (χ1) is 4.86. The predicted molar refractivity (Wildman–Crippen MR) is 34.1 cm³/mol. The molecule has 56 valence electrons. The quantitative estimate of drug-likeness (QED) is 0.677. The van der Waals surface area contributed by atoms with E-state index in [1.807, 2.05) is 0 Å². The highest BCUT2D eigenvalue weighted by Gasteiger charge is 2.00. The Bertz CT molecular complexity index is 199. The molecule has 0 radical (unpaired) electrons. The topological polar surface area (TPSA) is 52.0 Å². The van der Waals surface area contributed by atoms with E-state index in [0.717, 1.165) is 0 Å². The molecular formula is C6H9FN2O. The highest BCUT2D eigenvalue weighted by molar-refractivity contribution is 4.92. The molecular weight excluding hydrogens is 135 g/mol. The minimum atomic E-state index is -0.600. The van der Waals surface area contributed by atoms with E-state index in [0.29, 0.717) is 18.9 Å². The summed E-state index contributed by atoms with van der Waals surface area (Å²) in [7, 11) is 0. The number of nitrogens with two attached hydrogens (primary N) is 1. The summed E-state index contributed by atoms with van der Waals surface area (Å²) in [6, 6.07) is 0. The first-order valence-corrected chi connectivity index (χ1v) is 3.06. The van der Waals surface area contributed by atoms with Crippen molar-refractivity contribution in [1.29, 1.82) is 0 Å². The van der Waals surface area contributed by atoms with Crippen LogP contribution in [0.1, 0.15) is 11.7 Å². The molecule has 0 amide bonds. The molecule has 0 aliphatic carbocycles. The number of hydrogen-bond acceptors (Lipinski definition) is 3. The molecule has 0 saturated carbocycles. The Morgan fingerprint density at radius 2 is 2.50 bits per heavy atom. The molecule has 0 bridgehead atoms. The third kappa shape index (κ3) is 1.54. The largest absolute Gasteiger partial charge is 0.443 e. The van der Waals surface area contributed by atoms with E-state index in [1.165, 1.54) is 6.20 Å². The Kier molecular flexibility index (Phi) is 2.39. The van der Waals surface area contributed by atoms with Gasteiger partial charge in [-0.25, -0.2) is 9.37 Å². The van der Waals surface area contributed by atoms with E-state index in [1.54, 1.807) is 0 Å². The molecule has 0 spiro atoms. The highest BCUT2D eigenvalue weighted by atomic mass is 19.1. The Morgan fingerprint density at radius 3 is 3.00 bits per heavy atom. The number of hydrogen-bond donors (Lipinski definition) is 1. The first kappa shape index (κ1) is 7.21. The van der Waals surface area contributed by atoms with Gasteiger partial charge in [0.05, 0.1) is 6.20 Å². The van der Waals surface area contributed by atoms with E-state index >= 15 is 0 Å². The van der Waals surface area contributed by atoms with Gasteiger partial charge in [-0.1, -0.05) is 0 Å². The van der Waals surface area contributed by atoms with Crippen molar-refractivity contribution in [1.82, 2.24) is 4.98 Å². The van der Waals surface area contributed by atoms with Crippen LogP contribution in [0.2, 0.25) is 0 Å². The number of oxazole rings is 1. The maximum Gasteiger partial charge on any atom is 0.195 e. The van der Waals surface area contributed by atoms with Crippen molar-refractivity contribution in [2.24, 2.45) is 5.73 Å². The normalized spacial score (nSPS) is 10.2. The van der Waals surface area contributed by atoms with Crippen LogP contribution in [-0.4, -0.2) is 11.5 Å². The number of rotatable bonds is 3. The lowest BCUT2D eigenvalue weighted by Crippen LogP contribution is -2.02. The molecule has 2 N–H and O–H groups in total. The molecule has 3 nitrogen and oxygen atoms in total. The first-order valence-electron chi connectivity index (χ1n) is 3.06. The second kappa shape index (κ2) is 3.31. The minimum absolute atomic E-state index is 0.267. The van der Waals surface area contributed by atoms with Crippen LogP contribution in [-0.2, 0) is 13.1 Å². The third-order valence-electron chi connectivity index (χ3n) is 1.09. The second-order valence-corrected chi connectivity index (χ2v) is 1.89. The summed E-state index contributed by atoms with van der Waals surface area (Å²) in [4.78, 5) is 3.79. The van der Waals surface area contributed by atoms with Crippen LogP contribution in [0.5, 0.6) is 0 Å². The standard InChI is InChI=1S/C6H9FN2O/c7-3-5-4-9-6(10-5)1-2-8/h4H,1-3,8H2. The Balaban J connectivity index is 2.59. The zero-order chi connectivity index (χ0) is 7.40. The number of aromatic nitrogens is 1. The molecule has 10 heavy (non-hydrogen) atoms. The molecule has 0 fully saturated rings. The summed E-state index contributed by atoms with van der Waals surface area (Å²) in [5.41, 5.74) is 5.22. The second-order valence-electron chi connectivity index (χ2n) is 1.89. The van der Waals surface area contributed by atoms with Gasteiger partial charge in [-0.2, -0.15) is 0 Å². The Morgan fingerprint density at radius 1 is 1.70 bits per heavy atom. The summed E-state index contributed by atoms with van der Waals surface area (Å²) in [5.74, 6) is 0.776. The smallest absolute Gasteiger partial charge is 0.195 e. The lowest BCUT2D eigenvalue weighted by Gasteiger charge is -1.87. The van der Waals surface area contributed by atoms with E-state index in [2.05, 4.69) is 4.98 Å². The van der Waals surface area contributed by atoms with E-state index in [4.69, 9.17) is 10.2 Å². The predicted octanol–water partition coefficient (Wildman–Crippen LogP) is 0.645. The van der Waals surface area contributed by atoms with Gasteiger partial charge in [-0.15, -0.1) is 0 Å². The summed E-state index contributed by atoms with van der Waals surface area (Å²) in [5, 5.41) is 0. The molecule has 4 heteroatoms. The average Bonchev–Trinajstić information content (AvgIpc) is 2.37. The average molecular weight is 144 g/mol. The fraction of sp³-hybridized carbons (Fsp3) is 0.500. The van der Waals surface area contributed by atoms with Gasteiger partial charge in [-0.05, 0) is 0 Å². The van der Waals surface area contributed by atoms with Gasteiger partial charge in [0.1, 0.15) is 6.67 Å². The van der Waals surface area contributed by atoms with Crippen LogP contribution >= 0.6 is 0 Å². The zero-order valence-electron chi connectivity index (χ0n) is 5.51. The van der Waals surface area contributed by atoms with E-state index < -0.39 is 6.67 Å². The van der Waals surface area contributed by atoms with Crippen molar-refractivity contribution < 1.29 is 8.81 Å². The lowest BCUT2D eigenvalue weighted by molar-refractivity contribution is 0.374. The Hall–Kier alpha value is -0.900. The number of halogens is 1. The van der Waals surface area contributed by atoms with Crippen LogP contribution < -0.4 is 5.73 Å². The maximum atomic E-state index is 11.8. The van der Waals surface area contributed by atoms with Crippen LogP contribution in [0.4, 0.5) is 4.39 Å². The maximum absolute atomic E-state index is 11.8. The number of alkyl halides is 1. The molecule has 0 unspecified atom stereocenters. The van der Waals surface area contributed by atoms with Gasteiger partial charge in [-0.3, -0.25) is 0 Å². The van der Waals surface area contributed by atoms with Crippen molar-refractivity contribution in [3.8, 4) is 0 Å². The molecule has 1 aromatic heterocycles. The summed E-state index contributed by atoms with van der Waals surface area (Å²) in [6.07, 6.45) is 1.95. The van der Waals surface area contributed by atoms with Crippen molar-refractivity contribution in [2.75, 3.05) is 6.54 Å². The van der Waals surface area contributed by atoms with Crippen molar-refractivity contribution in [3.05, 3.63) is 17.8 Å². The van der Waals surface area contributed by atoms with Gasteiger partial charge in [0.2, 0.25) is 0 Å². The van der Waals surface area contributed by atoms with Crippen LogP contribution in [0.15, 0.2) is 10.6 Å². The molecule has 1 rings (SSSR count). The fourth-order valence-corrected chi connectivity index (χ4v) is 0.649. The number of nitrogens with zero attached hydrogens (tertiary/aromatic N) is 1. The van der Waals surface area contributed by atoms with Crippen LogP contribution in [0, 0.1) is 0 Å². The molecule has 0 aromatic carbocycles. The molecule has 0 aliphatic rings. The van der Waals surface area contributed by atoms with Crippen LogP contribution in [0.25, 0.3) is 0 Å². The fourth-order valence-electron chi connectivity index (χ4n) is 0.649. The van der Waals surface area contributed by atoms with Gasteiger partial charge in [0, 0.05) is 13.0 Å². The van der Waals surface area contributed by atoms with Crippen molar-refractivity contribution >= 4 is 0 Å². The zero-order valence-corrected chi connectivity index (χ0v) is 5.51. The van der Waals surface area contributed by atoms with Crippen molar-refractivity contribution in [3.63, 3.8) is 0 Å². The van der Waals surface area contributed by atoms with Gasteiger partial charge < -0.3 is 10.2 Å². The Labute approximate surface area is 58.0 Å². The van der Waals surface area contributed by atoms with Gasteiger partial charge in [0.15, 0.2) is 11.7 Å². The SMILES string of the molecule is NCCc1ncc(CF)o1. The third-order valence-corrected chi connectivity index (χ3v) is 1.09. The summed E-state index contributed by atoms with van der Waals surface area (Å²) < 4.78 is 16.7. The highest BCUT2D eigenvalue weighted by Crippen LogP contribution is 2.04. The van der Waals surface area contributed by atoms with E-state index in [-0.39, 0.29) is 5.76 Å². The van der Waals surface area contributed by atoms with E-state index in [9.17, 15) is 4.39 Å². The molecule has 0 atom stereocenters. The molecule has 0 saturated heterocycles. The monoisotopic (exact) mass is 144 g/mol. The molecule has 1 heterocycles. The van der Waals surface area contributed by atoms with Gasteiger partial charge >= 0.3 is 0 Å². The van der Waals surface area contributed by atoms with Crippen LogP contribution in [0.3, 0.4) is 0 Å². The summed E-state index contributed by atoms with van der Waals surface area (Å²) >= 11 is 0. The van der Waals surface area contributed by atoms with Crippen molar-refractivity contribution in [2.45, 2.75) is 13.1 Å². The summed E-state index contributed by atoms with van der Waals surface area (Å²) in [6.45, 7) is -0.121. The molecule has 1 aromatic rings. The molecule has 0 aliphatic heterocycles. The lowest BCUT2D eigenvalue weighted by atomic mass is 10.4. The minimum Gasteiger partial charge on any atom is -0.443 e.